The maximum Gasteiger partial charge on any atom is 0.253 e. The maximum absolute atomic E-state index is 15.6. The van der Waals surface area contributed by atoms with E-state index in [1.54, 1.807) is 12.4 Å². The van der Waals surface area contributed by atoms with Gasteiger partial charge in [-0.1, -0.05) is 60.0 Å². The number of thioether (sulfide) groups is 1. The smallest absolute Gasteiger partial charge is 0.253 e. The number of rotatable bonds is 10. The molecule has 4 N–H and O–H groups in total. The number of pyridine rings is 1. The molecule has 204 valence electrons. The predicted octanol–water partition coefficient (Wildman–Crippen LogP) is 5.67. The van der Waals surface area contributed by atoms with Crippen molar-refractivity contribution in [3.63, 3.8) is 0 Å². The first-order valence-corrected chi connectivity index (χ1v) is 14.3. The van der Waals surface area contributed by atoms with Crippen LogP contribution < -0.4 is 16.4 Å². The number of likely N-dealkylation sites (tertiary alicyclic amines) is 1. The molecule has 0 atom stereocenters. The SMILES string of the molecule is C=C(C(=O)NCC1(c2ccccc2)CCN(C)CC1)/C(F)=C(\C=C/N)Sc1cnc(Nc2cc(C)ccn2)s1. The predicted molar refractivity (Wildman–Crippen MR) is 159 cm³/mol. The molecule has 4 rings (SSSR count). The number of aromatic nitrogens is 2. The first-order chi connectivity index (χ1) is 18.8. The number of nitrogens with one attached hydrogen (secondary N) is 2. The van der Waals surface area contributed by atoms with Crippen LogP contribution in [-0.4, -0.2) is 47.5 Å². The third-order valence-electron chi connectivity index (χ3n) is 6.77. The number of aryl methyl sites for hydroxylation is 1. The minimum absolute atomic E-state index is 0.179. The highest BCUT2D eigenvalue weighted by molar-refractivity contribution is 8.05. The third kappa shape index (κ3) is 7.35. The van der Waals surface area contributed by atoms with Gasteiger partial charge in [-0.15, -0.1) is 0 Å². The van der Waals surface area contributed by atoms with Gasteiger partial charge < -0.3 is 21.3 Å². The summed E-state index contributed by atoms with van der Waals surface area (Å²) in [6, 6.07) is 14.0. The standard InChI is InChI=1S/C29H33FN6OS2/c1-20-10-14-32-24(17-20)35-28-33-18-25(39-28)38-23(9-13-31)26(30)21(2)27(37)34-19-29(11-15-36(3)16-12-29)22-7-5-4-6-8-22/h4-10,13-14,17-18H,2,11-12,15-16,19,31H2,1,3H3,(H,34,37)(H,32,33,35)/b13-9-,26-23-. The first kappa shape index (κ1) is 28.5. The van der Waals surface area contributed by atoms with E-state index in [1.807, 2.05) is 37.3 Å². The summed E-state index contributed by atoms with van der Waals surface area (Å²) in [4.78, 5) is 24.2. The highest BCUT2D eigenvalue weighted by Gasteiger charge is 2.36. The summed E-state index contributed by atoms with van der Waals surface area (Å²) in [7, 11) is 2.10. The number of hydrogen-bond acceptors (Lipinski definition) is 8. The van der Waals surface area contributed by atoms with Crippen LogP contribution in [0, 0.1) is 6.92 Å². The lowest BCUT2D eigenvalue weighted by atomic mass is 9.72. The van der Waals surface area contributed by atoms with E-state index >= 15 is 4.39 Å². The van der Waals surface area contributed by atoms with Gasteiger partial charge in [0.05, 0.1) is 20.9 Å². The van der Waals surface area contributed by atoms with Gasteiger partial charge in [-0.25, -0.2) is 14.4 Å². The Kier molecular flexibility index (Phi) is 9.55. The largest absolute Gasteiger partial charge is 0.405 e. The topological polar surface area (TPSA) is 96.2 Å². The molecule has 10 heteroatoms. The highest BCUT2D eigenvalue weighted by atomic mass is 32.2. The maximum atomic E-state index is 15.6. The van der Waals surface area contributed by atoms with Crippen molar-refractivity contribution in [2.45, 2.75) is 29.4 Å². The second-order valence-corrected chi connectivity index (χ2v) is 12.0. The average Bonchev–Trinajstić information content (AvgIpc) is 3.38. The molecule has 1 amide bonds. The second-order valence-electron chi connectivity index (χ2n) is 9.58. The van der Waals surface area contributed by atoms with Gasteiger partial charge in [-0.2, -0.15) is 0 Å². The third-order valence-corrected chi connectivity index (χ3v) is 8.82. The first-order valence-electron chi connectivity index (χ1n) is 12.6. The van der Waals surface area contributed by atoms with Crippen molar-refractivity contribution in [3.8, 4) is 0 Å². The molecule has 0 aliphatic carbocycles. The van der Waals surface area contributed by atoms with Gasteiger partial charge >= 0.3 is 0 Å². The number of allylic oxidation sites excluding steroid dienone is 1. The monoisotopic (exact) mass is 564 g/mol. The van der Waals surface area contributed by atoms with Gasteiger partial charge in [0.1, 0.15) is 11.6 Å². The number of carbonyl (C=O) groups excluding carboxylic acids is 1. The molecule has 0 spiro atoms. The number of carbonyl (C=O) groups is 1. The molecule has 0 saturated carbocycles. The highest BCUT2D eigenvalue weighted by Crippen LogP contribution is 2.38. The van der Waals surface area contributed by atoms with Gasteiger partial charge in [-0.05, 0) is 75.4 Å². The van der Waals surface area contributed by atoms with Crippen LogP contribution in [-0.2, 0) is 10.2 Å². The normalized spacial score (nSPS) is 16.1. The van der Waals surface area contributed by atoms with Gasteiger partial charge in [0, 0.05) is 18.2 Å². The van der Waals surface area contributed by atoms with Crippen LogP contribution in [0.4, 0.5) is 15.3 Å². The summed E-state index contributed by atoms with van der Waals surface area (Å²) in [6.45, 7) is 8.00. The Labute approximate surface area is 237 Å². The molecule has 2 aromatic heterocycles. The molecule has 1 aromatic carbocycles. The van der Waals surface area contributed by atoms with Crippen LogP contribution in [0.3, 0.4) is 0 Å². The Morgan fingerprint density at radius 1 is 1.26 bits per heavy atom. The molecule has 1 fully saturated rings. The molecule has 39 heavy (non-hydrogen) atoms. The molecular formula is C29H33FN6OS2. The Hall–Kier alpha value is -3.47. The zero-order valence-electron chi connectivity index (χ0n) is 22.1. The average molecular weight is 565 g/mol. The van der Waals surface area contributed by atoms with E-state index < -0.39 is 11.7 Å². The number of amides is 1. The van der Waals surface area contributed by atoms with E-state index in [9.17, 15) is 4.79 Å². The van der Waals surface area contributed by atoms with E-state index in [4.69, 9.17) is 5.73 Å². The summed E-state index contributed by atoms with van der Waals surface area (Å²) in [5.41, 5.74) is 7.41. The number of halogens is 1. The Balaban J connectivity index is 1.45. The fraction of sp³-hybridized carbons (Fsp3) is 0.276. The number of hydrogen-bond donors (Lipinski definition) is 3. The summed E-state index contributed by atoms with van der Waals surface area (Å²) >= 11 is 2.47. The Morgan fingerprint density at radius 2 is 2.00 bits per heavy atom. The number of piperidine rings is 1. The fourth-order valence-electron chi connectivity index (χ4n) is 4.44. The van der Waals surface area contributed by atoms with E-state index in [0.29, 0.717) is 17.5 Å². The summed E-state index contributed by atoms with van der Waals surface area (Å²) in [5, 5.41) is 6.73. The second kappa shape index (κ2) is 13.1. The van der Waals surface area contributed by atoms with E-state index in [0.717, 1.165) is 47.5 Å². The van der Waals surface area contributed by atoms with Crippen LogP contribution >= 0.6 is 23.1 Å². The molecule has 1 aliphatic heterocycles. The van der Waals surface area contributed by atoms with E-state index in [-0.39, 0.29) is 15.9 Å². The van der Waals surface area contributed by atoms with Crippen molar-refractivity contribution < 1.29 is 9.18 Å². The summed E-state index contributed by atoms with van der Waals surface area (Å²) in [6.07, 6.45) is 7.82. The Morgan fingerprint density at radius 3 is 2.69 bits per heavy atom. The minimum atomic E-state index is -0.723. The van der Waals surface area contributed by atoms with Crippen LogP contribution in [0.1, 0.15) is 24.0 Å². The van der Waals surface area contributed by atoms with Crippen LogP contribution in [0.5, 0.6) is 0 Å². The lowest BCUT2D eigenvalue weighted by Gasteiger charge is -2.41. The number of benzene rings is 1. The zero-order chi connectivity index (χ0) is 27.8. The van der Waals surface area contributed by atoms with E-state index in [2.05, 4.69) is 51.3 Å². The van der Waals surface area contributed by atoms with Crippen LogP contribution in [0.15, 0.2) is 94.2 Å². The van der Waals surface area contributed by atoms with Crippen molar-refractivity contribution in [3.05, 3.63) is 101 Å². The molecule has 7 nitrogen and oxygen atoms in total. The molecule has 3 aromatic rings. The fourth-order valence-corrected chi connectivity index (χ4v) is 6.35. The van der Waals surface area contributed by atoms with Crippen molar-refractivity contribution in [1.29, 1.82) is 0 Å². The lowest BCUT2D eigenvalue weighted by molar-refractivity contribution is -0.117. The molecule has 1 aliphatic rings. The van der Waals surface area contributed by atoms with E-state index in [1.165, 1.54) is 29.2 Å². The van der Waals surface area contributed by atoms with Gasteiger partial charge in [0.25, 0.3) is 5.91 Å². The molecule has 3 heterocycles. The molecule has 0 radical (unpaired) electrons. The molecular weight excluding hydrogens is 531 g/mol. The lowest BCUT2D eigenvalue weighted by Crippen LogP contribution is -2.48. The van der Waals surface area contributed by atoms with Crippen LogP contribution in [0.25, 0.3) is 0 Å². The van der Waals surface area contributed by atoms with Crippen molar-refractivity contribution in [1.82, 2.24) is 20.2 Å². The van der Waals surface area contributed by atoms with Gasteiger partial charge in [-0.3, -0.25) is 4.79 Å². The number of nitrogens with zero attached hydrogens (tertiary/aromatic N) is 3. The van der Waals surface area contributed by atoms with Gasteiger partial charge in [0.2, 0.25) is 0 Å². The molecule has 0 bridgehead atoms. The molecule has 0 unspecified atom stereocenters. The number of thiazole rings is 1. The number of anilines is 2. The zero-order valence-corrected chi connectivity index (χ0v) is 23.7. The van der Waals surface area contributed by atoms with Crippen molar-refractivity contribution in [2.24, 2.45) is 5.73 Å². The number of nitrogens with two attached hydrogens (primary N) is 1. The van der Waals surface area contributed by atoms with Crippen molar-refractivity contribution in [2.75, 3.05) is 32.0 Å². The quantitative estimate of drug-likeness (QED) is 0.166. The molecule has 1 saturated heterocycles. The van der Waals surface area contributed by atoms with Crippen LogP contribution in [0.2, 0.25) is 0 Å². The van der Waals surface area contributed by atoms with Crippen molar-refractivity contribution >= 4 is 40.0 Å². The minimum Gasteiger partial charge on any atom is -0.405 e. The van der Waals surface area contributed by atoms with Gasteiger partial charge in [0.15, 0.2) is 5.13 Å². The Bertz CT molecular complexity index is 1360. The summed E-state index contributed by atoms with van der Waals surface area (Å²) in [5.74, 6) is -0.588. The summed E-state index contributed by atoms with van der Waals surface area (Å²) < 4.78 is 16.3.